The molecule has 0 N–H and O–H groups in total. The zero-order valence-electron chi connectivity index (χ0n) is 25.0. The molecule has 5 aromatic carbocycles. The zero-order chi connectivity index (χ0) is 30.3. The molecule has 0 radical (unpaired) electrons. The van der Waals surface area contributed by atoms with E-state index in [4.69, 9.17) is 0 Å². The zero-order valence-corrected chi connectivity index (χ0v) is 25.0. The Morgan fingerprint density at radius 1 is 0.511 bits per heavy atom. The number of nitrogens with zero attached hydrogens (tertiary/aromatic N) is 2. The molecule has 2 aromatic heterocycles. The fourth-order valence-electron chi connectivity index (χ4n) is 6.94. The van der Waals surface area contributed by atoms with Crippen LogP contribution in [0.5, 0.6) is 0 Å². The summed E-state index contributed by atoms with van der Waals surface area (Å²) in [5, 5.41) is 2.57. The lowest BCUT2D eigenvalue weighted by Gasteiger charge is -2.22. The number of aromatic nitrogens is 2. The van der Waals surface area contributed by atoms with Crippen LogP contribution in [0.3, 0.4) is 0 Å². The van der Waals surface area contributed by atoms with Crippen molar-refractivity contribution < 1.29 is 0 Å². The van der Waals surface area contributed by atoms with Crippen LogP contribution in [0.15, 0.2) is 159 Å². The Balaban J connectivity index is 1.54. The summed E-state index contributed by atoms with van der Waals surface area (Å²) >= 11 is 0. The first-order valence-corrected chi connectivity index (χ1v) is 15.3. The van der Waals surface area contributed by atoms with Gasteiger partial charge in [-0.25, -0.2) is 0 Å². The highest BCUT2D eigenvalue weighted by molar-refractivity contribution is 6.22. The van der Waals surface area contributed by atoms with E-state index in [1.165, 1.54) is 55.3 Å². The lowest BCUT2D eigenvalue weighted by atomic mass is 9.81. The molecule has 1 aliphatic carbocycles. The van der Waals surface area contributed by atoms with E-state index < -0.39 is 0 Å². The highest BCUT2D eigenvalue weighted by Gasteiger charge is 2.30. The van der Waals surface area contributed by atoms with Gasteiger partial charge in [-0.15, -0.1) is 0 Å². The van der Waals surface area contributed by atoms with E-state index in [0.29, 0.717) is 0 Å². The standard InChI is InChI=1S/C43H30N2/c1-3-28(4-2)38-27-39(35-25-33(29-16-20-44-21-17-29)24-34(26-35)30-18-22-45-23-19-30)41(32-10-6-5-7-11-32)43-37-15-9-13-31-12-8-14-36(40(31)37)42(38)43/h3-27H,1H2,2H3. The Kier molecular flexibility index (Phi) is 6.54. The third kappa shape index (κ3) is 4.42. The molecular formula is C43H30N2. The van der Waals surface area contributed by atoms with Crippen molar-refractivity contribution in [2.75, 3.05) is 0 Å². The number of allylic oxidation sites excluding steroid dienone is 3. The average molecular weight is 575 g/mol. The Hall–Kier alpha value is -5.86. The number of benzene rings is 5. The van der Waals surface area contributed by atoms with Crippen molar-refractivity contribution in [1.29, 1.82) is 0 Å². The summed E-state index contributed by atoms with van der Waals surface area (Å²) in [7, 11) is 0. The Morgan fingerprint density at radius 3 is 1.67 bits per heavy atom. The van der Waals surface area contributed by atoms with Crippen molar-refractivity contribution in [2.24, 2.45) is 0 Å². The van der Waals surface area contributed by atoms with Crippen LogP contribution < -0.4 is 0 Å². The van der Waals surface area contributed by atoms with Crippen LogP contribution in [-0.2, 0) is 0 Å². The third-order valence-corrected chi connectivity index (χ3v) is 8.95. The minimum absolute atomic E-state index is 1.12. The molecular weight excluding hydrogens is 544 g/mol. The van der Waals surface area contributed by atoms with E-state index in [-0.39, 0.29) is 0 Å². The van der Waals surface area contributed by atoms with Crippen molar-refractivity contribution in [2.45, 2.75) is 6.92 Å². The topological polar surface area (TPSA) is 25.8 Å². The van der Waals surface area contributed by atoms with Gasteiger partial charge in [-0.2, -0.15) is 0 Å². The van der Waals surface area contributed by atoms with Crippen LogP contribution in [0.2, 0.25) is 0 Å². The molecule has 2 nitrogen and oxygen atoms in total. The van der Waals surface area contributed by atoms with Crippen LogP contribution in [0.4, 0.5) is 0 Å². The van der Waals surface area contributed by atoms with Crippen molar-refractivity contribution in [1.82, 2.24) is 9.97 Å². The Labute approximate surface area is 263 Å². The van der Waals surface area contributed by atoms with Gasteiger partial charge in [-0.05, 0) is 144 Å². The van der Waals surface area contributed by atoms with E-state index >= 15 is 0 Å². The summed E-state index contributed by atoms with van der Waals surface area (Å²) in [6.45, 7) is 6.34. The number of hydrogen-bond donors (Lipinski definition) is 0. The fourth-order valence-corrected chi connectivity index (χ4v) is 6.94. The first kappa shape index (κ1) is 26.7. The maximum Gasteiger partial charge on any atom is 0.0273 e. The summed E-state index contributed by atoms with van der Waals surface area (Å²) in [6, 6.07) is 41.8. The van der Waals surface area contributed by atoms with Gasteiger partial charge in [0.1, 0.15) is 0 Å². The third-order valence-electron chi connectivity index (χ3n) is 8.95. The number of pyridine rings is 2. The van der Waals surface area contributed by atoms with E-state index in [2.05, 4.69) is 145 Å². The average Bonchev–Trinajstić information content (AvgIpc) is 3.45. The normalized spacial score (nSPS) is 11.9. The molecule has 7 aromatic rings. The summed E-state index contributed by atoms with van der Waals surface area (Å²) in [5.74, 6) is 0. The van der Waals surface area contributed by atoms with Gasteiger partial charge in [0.2, 0.25) is 0 Å². The van der Waals surface area contributed by atoms with Crippen molar-refractivity contribution in [3.8, 4) is 66.8 Å². The number of fused-ring (bicyclic) bond motifs is 3. The molecule has 0 saturated carbocycles. The van der Waals surface area contributed by atoms with Gasteiger partial charge in [0.25, 0.3) is 0 Å². The largest absolute Gasteiger partial charge is 0.265 e. The fraction of sp³-hybridized carbons (Fsp3) is 0.0233. The van der Waals surface area contributed by atoms with E-state index in [0.717, 1.165) is 33.4 Å². The monoisotopic (exact) mass is 574 g/mol. The molecule has 0 saturated heterocycles. The van der Waals surface area contributed by atoms with Crippen LogP contribution >= 0.6 is 0 Å². The van der Waals surface area contributed by atoms with Gasteiger partial charge in [0.15, 0.2) is 0 Å². The number of rotatable bonds is 6. The predicted octanol–water partition coefficient (Wildman–Crippen LogP) is 11.5. The van der Waals surface area contributed by atoms with Crippen molar-refractivity contribution >= 4 is 16.3 Å². The van der Waals surface area contributed by atoms with Gasteiger partial charge >= 0.3 is 0 Å². The second kappa shape index (κ2) is 11.0. The van der Waals surface area contributed by atoms with Gasteiger partial charge in [0, 0.05) is 24.8 Å². The summed E-state index contributed by atoms with van der Waals surface area (Å²) < 4.78 is 0. The second-order valence-electron chi connectivity index (χ2n) is 11.4. The molecule has 212 valence electrons. The first-order valence-electron chi connectivity index (χ1n) is 15.3. The van der Waals surface area contributed by atoms with E-state index in [1.54, 1.807) is 0 Å². The quantitative estimate of drug-likeness (QED) is 0.185. The maximum absolute atomic E-state index is 4.29. The molecule has 2 heteroatoms. The van der Waals surface area contributed by atoms with Gasteiger partial charge in [0.05, 0.1) is 0 Å². The molecule has 0 spiro atoms. The highest BCUT2D eigenvalue weighted by Crippen LogP contribution is 2.56. The molecule has 0 unspecified atom stereocenters. The minimum atomic E-state index is 1.12. The van der Waals surface area contributed by atoms with Crippen molar-refractivity contribution in [3.63, 3.8) is 0 Å². The van der Waals surface area contributed by atoms with Crippen LogP contribution in [0.25, 0.3) is 83.1 Å². The highest BCUT2D eigenvalue weighted by atomic mass is 14.6. The van der Waals surface area contributed by atoms with Crippen LogP contribution in [-0.4, -0.2) is 9.97 Å². The SMILES string of the molecule is C=CC(=CC)c1cc(-c2cc(-c3ccncc3)cc(-c3ccncc3)c2)c(-c2ccccc2)c2c1-c1cccc3cccc-2c13. The second-order valence-corrected chi connectivity index (χ2v) is 11.4. The lowest BCUT2D eigenvalue weighted by molar-refractivity contribution is 1.33. The molecule has 45 heavy (non-hydrogen) atoms. The summed E-state index contributed by atoms with van der Waals surface area (Å²) in [5.41, 5.74) is 16.7. The lowest BCUT2D eigenvalue weighted by Crippen LogP contribution is -1.97. The first-order chi connectivity index (χ1) is 22.2. The smallest absolute Gasteiger partial charge is 0.0273 e. The molecule has 0 bridgehead atoms. The van der Waals surface area contributed by atoms with Crippen LogP contribution in [0.1, 0.15) is 12.5 Å². The molecule has 0 aliphatic heterocycles. The molecule has 8 rings (SSSR count). The van der Waals surface area contributed by atoms with Gasteiger partial charge in [-0.3, -0.25) is 9.97 Å². The summed E-state index contributed by atoms with van der Waals surface area (Å²) in [6.07, 6.45) is 11.6. The molecule has 1 aliphatic rings. The number of hydrogen-bond acceptors (Lipinski definition) is 2. The minimum Gasteiger partial charge on any atom is -0.265 e. The predicted molar refractivity (Wildman–Crippen MR) is 190 cm³/mol. The molecule has 2 heterocycles. The molecule has 0 atom stereocenters. The molecule has 0 fully saturated rings. The maximum atomic E-state index is 4.29. The van der Waals surface area contributed by atoms with E-state index in [9.17, 15) is 0 Å². The van der Waals surface area contributed by atoms with E-state index in [1.807, 2.05) is 30.9 Å². The van der Waals surface area contributed by atoms with Crippen molar-refractivity contribution in [3.05, 3.63) is 164 Å². The Bertz CT molecular complexity index is 2200. The van der Waals surface area contributed by atoms with Crippen LogP contribution in [0, 0.1) is 0 Å². The Morgan fingerprint density at radius 2 is 1.09 bits per heavy atom. The summed E-state index contributed by atoms with van der Waals surface area (Å²) in [4.78, 5) is 8.58. The molecule has 0 amide bonds. The van der Waals surface area contributed by atoms with Gasteiger partial charge < -0.3 is 0 Å². The van der Waals surface area contributed by atoms with Gasteiger partial charge in [-0.1, -0.05) is 85.5 Å².